The van der Waals surface area contributed by atoms with Crippen LogP contribution in [0.15, 0.2) is 30.6 Å². The third-order valence-corrected chi connectivity index (χ3v) is 5.59. The van der Waals surface area contributed by atoms with E-state index in [2.05, 4.69) is 39.7 Å². The number of rotatable bonds is 1. The van der Waals surface area contributed by atoms with Gasteiger partial charge in [-0.2, -0.15) is 0 Å². The monoisotopic (exact) mass is 322 g/mol. The van der Waals surface area contributed by atoms with Gasteiger partial charge in [0.1, 0.15) is 11.5 Å². The lowest BCUT2D eigenvalue weighted by molar-refractivity contribution is 0.465. The van der Waals surface area contributed by atoms with E-state index in [0.29, 0.717) is 12.1 Å². The van der Waals surface area contributed by atoms with Gasteiger partial charge in [-0.15, -0.1) is 0 Å². The minimum absolute atomic E-state index is 0.708. The van der Waals surface area contributed by atoms with Gasteiger partial charge in [-0.3, -0.25) is 4.98 Å². The van der Waals surface area contributed by atoms with Crippen LogP contribution in [0.3, 0.4) is 0 Å². The van der Waals surface area contributed by atoms with Crippen LogP contribution in [0.2, 0.25) is 0 Å². The smallest absolute Gasteiger partial charge is 0.143 e. The maximum absolute atomic E-state index is 5.04. The minimum atomic E-state index is 0.708. The fraction of sp³-hybridized carbons (Fsp3) is 0.500. The molecule has 2 atom stereocenters. The molecule has 0 radical (unpaired) electrons. The van der Waals surface area contributed by atoms with Crippen molar-refractivity contribution in [2.75, 3.05) is 4.90 Å². The molecule has 2 saturated heterocycles. The largest absolute Gasteiger partial charge is 0.351 e. The van der Waals surface area contributed by atoms with Gasteiger partial charge in [0, 0.05) is 42.3 Å². The highest BCUT2D eigenvalue weighted by molar-refractivity contribution is 6.06. The van der Waals surface area contributed by atoms with Crippen molar-refractivity contribution in [3.8, 4) is 0 Å². The summed E-state index contributed by atoms with van der Waals surface area (Å²) in [7, 11) is 2.10. The Bertz CT molecular complexity index is 851. The molecule has 5 rings (SSSR count). The molecule has 3 aromatic heterocycles. The quantitative estimate of drug-likeness (QED) is 0.653. The highest BCUT2D eigenvalue weighted by Crippen LogP contribution is 2.39. The van der Waals surface area contributed by atoms with Crippen molar-refractivity contribution in [3.63, 3.8) is 0 Å². The van der Waals surface area contributed by atoms with E-state index in [9.17, 15) is 0 Å². The number of hydrogen-bond donors (Lipinski definition) is 0. The van der Waals surface area contributed by atoms with Crippen molar-refractivity contribution in [1.82, 2.24) is 14.5 Å². The Morgan fingerprint density at radius 3 is 2.46 bits per heavy atom. The molecule has 3 aromatic rings. The van der Waals surface area contributed by atoms with Crippen LogP contribution in [-0.2, 0) is 7.05 Å². The second-order valence-electron chi connectivity index (χ2n) is 6.72. The molecule has 2 unspecified atom stereocenters. The van der Waals surface area contributed by atoms with E-state index in [1.807, 2.05) is 26.2 Å². The lowest BCUT2D eigenvalue weighted by Gasteiger charge is -2.35. The average molecular weight is 322 g/mol. The van der Waals surface area contributed by atoms with Crippen molar-refractivity contribution < 1.29 is 0 Å². The van der Waals surface area contributed by atoms with Gasteiger partial charge in [0.15, 0.2) is 0 Å². The molecule has 2 fully saturated rings. The van der Waals surface area contributed by atoms with E-state index in [1.54, 1.807) is 0 Å². The molecule has 0 N–H and O–H groups in total. The number of piperidine rings is 1. The lowest BCUT2D eigenvalue weighted by Crippen LogP contribution is -2.40. The first kappa shape index (κ1) is 15.4. The molecule has 2 aliphatic heterocycles. The molecule has 0 aromatic carbocycles. The number of fused-ring (bicyclic) bond motifs is 5. The first-order chi connectivity index (χ1) is 11.8. The zero-order valence-corrected chi connectivity index (χ0v) is 14.9. The Hall–Kier alpha value is -2.10. The molecular weight excluding hydrogens is 296 g/mol. The SMILES string of the molecule is CC.Cn1c2ccncc2c2ccc(N3C4CCCC3CC4)nc21. The van der Waals surface area contributed by atoms with Gasteiger partial charge in [-0.25, -0.2) is 4.98 Å². The van der Waals surface area contributed by atoms with Gasteiger partial charge < -0.3 is 9.47 Å². The predicted octanol–water partition coefficient (Wildman–Crippen LogP) is 4.67. The van der Waals surface area contributed by atoms with Crippen LogP contribution >= 0.6 is 0 Å². The lowest BCUT2D eigenvalue weighted by atomic mass is 10.0. The summed E-state index contributed by atoms with van der Waals surface area (Å²) in [6.45, 7) is 4.00. The Kier molecular flexibility index (Phi) is 3.91. The van der Waals surface area contributed by atoms with Gasteiger partial charge in [0.25, 0.3) is 0 Å². The zero-order chi connectivity index (χ0) is 16.7. The molecular formula is C20H26N4. The molecule has 0 saturated carbocycles. The topological polar surface area (TPSA) is 34.0 Å². The summed E-state index contributed by atoms with van der Waals surface area (Å²) in [6, 6.07) is 7.93. The maximum Gasteiger partial charge on any atom is 0.143 e. The number of pyridine rings is 2. The first-order valence-corrected chi connectivity index (χ1v) is 9.30. The third kappa shape index (κ3) is 2.20. The van der Waals surface area contributed by atoms with E-state index in [0.717, 1.165) is 5.65 Å². The fourth-order valence-corrected chi connectivity index (χ4v) is 4.54. The Labute approximate surface area is 143 Å². The van der Waals surface area contributed by atoms with Crippen molar-refractivity contribution in [2.24, 2.45) is 7.05 Å². The Balaban J connectivity index is 0.000000704. The number of anilines is 1. The fourth-order valence-electron chi connectivity index (χ4n) is 4.54. The maximum atomic E-state index is 5.04. The number of aryl methyl sites for hydroxylation is 1. The van der Waals surface area contributed by atoms with Crippen LogP contribution in [0, 0.1) is 0 Å². The van der Waals surface area contributed by atoms with E-state index in [-0.39, 0.29) is 0 Å². The molecule has 2 bridgehead atoms. The molecule has 2 aliphatic rings. The highest BCUT2D eigenvalue weighted by atomic mass is 15.3. The number of hydrogen-bond acceptors (Lipinski definition) is 3. The molecule has 0 aliphatic carbocycles. The van der Waals surface area contributed by atoms with Crippen molar-refractivity contribution in [2.45, 2.75) is 58.0 Å². The Morgan fingerprint density at radius 1 is 0.958 bits per heavy atom. The highest BCUT2D eigenvalue weighted by Gasteiger charge is 2.37. The van der Waals surface area contributed by atoms with Crippen LogP contribution in [-0.4, -0.2) is 26.6 Å². The molecule has 24 heavy (non-hydrogen) atoms. The van der Waals surface area contributed by atoms with Gasteiger partial charge in [-0.1, -0.05) is 13.8 Å². The van der Waals surface area contributed by atoms with Crippen LogP contribution in [0.5, 0.6) is 0 Å². The van der Waals surface area contributed by atoms with E-state index in [4.69, 9.17) is 4.98 Å². The van der Waals surface area contributed by atoms with Crippen molar-refractivity contribution in [3.05, 3.63) is 30.6 Å². The second kappa shape index (κ2) is 6.08. The van der Waals surface area contributed by atoms with Crippen LogP contribution < -0.4 is 4.90 Å². The summed E-state index contributed by atoms with van der Waals surface area (Å²) in [5, 5.41) is 2.40. The van der Waals surface area contributed by atoms with Gasteiger partial charge in [0.2, 0.25) is 0 Å². The van der Waals surface area contributed by atoms with E-state index < -0.39 is 0 Å². The Morgan fingerprint density at radius 2 is 1.71 bits per heavy atom. The molecule has 126 valence electrons. The number of aromatic nitrogens is 3. The van der Waals surface area contributed by atoms with E-state index >= 15 is 0 Å². The predicted molar refractivity (Wildman–Crippen MR) is 101 cm³/mol. The normalized spacial score (nSPS) is 22.7. The van der Waals surface area contributed by atoms with Crippen LogP contribution in [0.4, 0.5) is 5.82 Å². The molecule has 5 heterocycles. The zero-order valence-electron chi connectivity index (χ0n) is 14.9. The first-order valence-electron chi connectivity index (χ1n) is 9.30. The van der Waals surface area contributed by atoms with Crippen LogP contribution in [0.25, 0.3) is 21.9 Å². The average Bonchev–Trinajstić information content (AvgIpc) is 3.07. The summed E-state index contributed by atoms with van der Waals surface area (Å²) in [4.78, 5) is 11.9. The summed E-state index contributed by atoms with van der Waals surface area (Å²) >= 11 is 0. The van der Waals surface area contributed by atoms with Gasteiger partial charge in [0.05, 0.1) is 5.52 Å². The van der Waals surface area contributed by atoms with Crippen molar-refractivity contribution in [1.29, 1.82) is 0 Å². The van der Waals surface area contributed by atoms with E-state index in [1.165, 1.54) is 54.2 Å². The summed E-state index contributed by atoms with van der Waals surface area (Å²) in [5.74, 6) is 1.17. The molecule has 4 nitrogen and oxygen atoms in total. The van der Waals surface area contributed by atoms with Crippen molar-refractivity contribution >= 4 is 27.8 Å². The van der Waals surface area contributed by atoms with Crippen LogP contribution in [0.1, 0.15) is 46.0 Å². The number of nitrogens with zero attached hydrogens (tertiary/aromatic N) is 4. The summed E-state index contributed by atoms with van der Waals surface area (Å²) in [6.07, 6.45) is 10.5. The summed E-state index contributed by atoms with van der Waals surface area (Å²) in [5.41, 5.74) is 2.28. The molecule has 0 amide bonds. The second-order valence-corrected chi connectivity index (χ2v) is 6.72. The standard InChI is InChI=1S/C18H20N4.C2H6/c1-21-16-9-10-19-11-15(16)14-7-8-17(20-18(14)21)22-12-3-2-4-13(22)6-5-12;1-2/h7-13H,2-6H2,1H3;1-2H3. The van der Waals surface area contributed by atoms with Gasteiger partial charge in [-0.05, 0) is 50.3 Å². The summed E-state index contributed by atoms with van der Waals surface area (Å²) < 4.78 is 2.20. The third-order valence-electron chi connectivity index (χ3n) is 5.59. The van der Waals surface area contributed by atoms with Gasteiger partial charge >= 0.3 is 0 Å². The molecule has 0 spiro atoms. The minimum Gasteiger partial charge on any atom is -0.351 e. The molecule has 4 heteroatoms.